The van der Waals surface area contributed by atoms with Crippen LogP contribution in [0.2, 0.25) is 0 Å². The molecule has 2 aromatic carbocycles. The lowest BCUT2D eigenvalue weighted by Crippen LogP contribution is -2.13. The first-order valence-corrected chi connectivity index (χ1v) is 11.9. The zero-order valence-electron chi connectivity index (χ0n) is 19.9. The molecule has 0 radical (unpaired) electrons. The summed E-state index contributed by atoms with van der Waals surface area (Å²) in [6.45, 7) is 0.578. The monoisotopic (exact) mass is 472 g/mol. The van der Waals surface area contributed by atoms with E-state index in [9.17, 15) is 9.90 Å². The van der Waals surface area contributed by atoms with E-state index in [1.165, 1.54) is 19.3 Å². The highest BCUT2D eigenvalue weighted by Crippen LogP contribution is 2.38. The minimum atomic E-state index is -0.936. The quantitative estimate of drug-likeness (QED) is 0.389. The van der Waals surface area contributed by atoms with Gasteiger partial charge in [-0.2, -0.15) is 0 Å². The highest BCUT2D eigenvalue weighted by Gasteiger charge is 2.27. The predicted molar refractivity (Wildman–Crippen MR) is 132 cm³/mol. The average Bonchev–Trinajstić information content (AvgIpc) is 3.28. The molecule has 0 bridgehead atoms. The van der Waals surface area contributed by atoms with Crippen LogP contribution in [0.5, 0.6) is 11.8 Å². The fourth-order valence-electron chi connectivity index (χ4n) is 5.02. The van der Waals surface area contributed by atoms with Gasteiger partial charge in [-0.15, -0.1) is 10.2 Å². The topological polar surface area (TPSA) is 99.4 Å². The molecule has 1 fully saturated rings. The van der Waals surface area contributed by atoms with Crippen LogP contribution in [0.4, 0.5) is 0 Å². The van der Waals surface area contributed by atoms with Crippen molar-refractivity contribution in [2.45, 2.75) is 44.6 Å². The molecule has 1 aliphatic rings. The Bertz CT molecular complexity index is 1360. The van der Waals surface area contributed by atoms with Crippen molar-refractivity contribution in [3.63, 3.8) is 0 Å². The number of hydrogen-bond donors (Lipinski definition) is 1. The summed E-state index contributed by atoms with van der Waals surface area (Å²) in [4.78, 5) is 16.7. The van der Waals surface area contributed by atoms with Crippen LogP contribution < -0.4 is 9.47 Å². The molecule has 180 valence electrons. The summed E-state index contributed by atoms with van der Waals surface area (Å²) >= 11 is 0. The molecule has 2 aromatic heterocycles. The van der Waals surface area contributed by atoms with E-state index in [1.807, 2.05) is 36.4 Å². The van der Waals surface area contributed by atoms with Crippen LogP contribution in [-0.2, 0) is 6.54 Å². The van der Waals surface area contributed by atoms with Crippen molar-refractivity contribution in [2.75, 3.05) is 14.2 Å². The third kappa shape index (κ3) is 4.32. The summed E-state index contributed by atoms with van der Waals surface area (Å²) in [5.74, 6) is 1.23. The van der Waals surface area contributed by atoms with Crippen molar-refractivity contribution in [1.82, 2.24) is 19.7 Å². The molecule has 0 spiro atoms. The van der Waals surface area contributed by atoms with Crippen LogP contribution in [0.15, 0.2) is 48.5 Å². The third-order valence-corrected chi connectivity index (χ3v) is 6.75. The Balaban J connectivity index is 1.57. The number of benzene rings is 2. The number of methoxy groups -OCH3 is 2. The van der Waals surface area contributed by atoms with E-state index in [0.717, 1.165) is 35.3 Å². The number of ether oxygens (including phenoxy) is 2. The van der Waals surface area contributed by atoms with Gasteiger partial charge < -0.3 is 19.1 Å². The third-order valence-electron chi connectivity index (χ3n) is 6.75. The molecule has 1 aliphatic carbocycles. The van der Waals surface area contributed by atoms with Gasteiger partial charge in [0, 0.05) is 12.5 Å². The van der Waals surface area contributed by atoms with Gasteiger partial charge in [-0.25, -0.2) is 9.78 Å². The molecule has 35 heavy (non-hydrogen) atoms. The molecule has 0 amide bonds. The van der Waals surface area contributed by atoms with Crippen molar-refractivity contribution in [1.29, 1.82) is 0 Å². The fraction of sp³-hybridized carbons (Fsp3) is 0.333. The number of fused-ring (bicyclic) bond motifs is 1. The summed E-state index contributed by atoms with van der Waals surface area (Å²) in [6.07, 6.45) is 5.83. The van der Waals surface area contributed by atoms with Gasteiger partial charge in [-0.1, -0.05) is 61.7 Å². The molecule has 0 saturated heterocycles. The molecular weight excluding hydrogens is 444 g/mol. The zero-order valence-corrected chi connectivity index (χ0v) is 19.9. The molecule has 0 atom stereocenters. The van der Waals surface area contributed by atoms with E-state index in [4.69, 9.17) is 14.5 Å². The molecular formula is C27H28N4O4. The maximum absolute atomic E-state index is 11.7. The molecule has 1 saturated carbocycles. The first-order chi connectivity index (χ1) is 17.1. The summed E-state index contributed by atoms with van der Waals surface area (Å²) < 4.78 is 13.2. The largest absolute Gasteiger partial charge is 0.478 e. The minimum absolute atomic E-state index is 0.288. The zero-order chi connectivity index (χ0) is 24.4. The number of imidazole rings is 1. The van der Waals surface area contributed by atoms with Crippen molar-refractivity contribution >= 4 is 17.0 Å². The number of carboxylic acid groups (broad SMARTS) is 1. The molecule has 1 N–H and O–H groups in total. The standard InChI is InChI=1S/C27H28N4O4/c1-34-25-22-23(26(35-2)30-29-25)31(24(28-22)19-8-4-3-5-9-19)16-17-12-14-18(15-13-17)20-10-6-7-11-21(20)27(32)33/h6-7,10-15,19H,3-5,8-9,16H2,1-2H3,(H,32,33). The van der Waals surface area contributed by atoms with Gasteiger partial charge in [0.25, 0.3) is 11.8 Å². The highest BCUT2D eigenvalue weighted by molar-refractivity contribution is 5.96. The summed E-state index contributed by atoms with van der Waals surface area (Å²) in [7, 11) is 3.16. The fourth-order valence-corrected chi connectivity index (χ4v) is 5.02. The van der Waals surface area contributed by atoms with Crippen LogP contribution in [0, 0.1) is 0 Å². The van der Waals surface area contributed by atoms with Gasteiger partial charge in [-0.05, 0) is 35.6 Å². The van der Waals surface area contributed by atoms with E-state index >= 15 is 0 Å². The van der Waals surface area contributed by atoms with Crippen LogP contribution in [0.1, 0.15) is 59.8 Å². The lowest BCUT2D eigenvalue weighted by Gasteiger charge is -2.22. The number of hydrogen-bond acceptors (Lipinski definition) is 6. The number of aromatic nitrogens is 4. The van der Waals surface area contributed by atoms with Crippen molar-refractivity contribution in [3.8, 4) is 22.9 Å². The SMILES string of the molecule is COc1nnc(OC)c2c1nc(C1CCCCC1)n2Cc1ccc(-c2ccccc2C(=O)O)cc1. The Morgan fingerprint density at radius 2 is 1.66 bits per heavy atom. The second kappa shape index (κ2) is 9.74. The van der Waals surface area contributed by atoms with Crippen molar-refractivity contribution < 1.29 is 19.4 Å². The molecule has 0 unspecified atom stereocenters. The van der Waals surface area contributed by atoms with Gasteiger partial charge in [-0.3, -0.25) is 0 Å². The molecule has 2 heterocycles. The van der Waals surface area contributed by atoms with E-state index < -0.39 is 5.97 Å². The van der Waals surface area contributed by atoms with Crippen LogP contribution in [0.3, 0.4) is 0 Å². The van der Waals surface area contributed by atoms with Gasteiger partial charge in [0.15, 0.2) is 5.52 Å². The maximum atomic E-state index is 11.7. The summed E-state index contributed by atoms with van der Waals surface area (Å²) in [5.41, 5.74) is 4.35. The molecule has 8 heteroatoms. The van der Waals surface area contributed by atoms with Crippen molar-refractivity contribution in [3.05, 3.63) is 65.5 Å². The van der Waals surface area contributed by atoms with Gasteiger partial charge in [0.2, 0.25) is 0 Å². The van der Waals surface area contributed by atoms with E-state index in [0.29, 0.717) is 35.3 Å². The number of nitrogens with zero attached hydrogens (tertiary/aromatic N) is 4. The smallest absolute Gasteiger partial charge is 0.336 e. The van der Waals surface area contributed by atoms with Crippen LogP contribution >= 0.6 is 0 Å². The maximum Gasteiger partial charge on any atom is 0.336 e. The van der Waals surface area contributed by atoms with E-state index in [2.05, 4.69) is 14.8 Å². The second-order valence-corrected chi connectivity index (χ2v) is 8.85. The Kier molecular flexibility index (Phi) is 6.35. The predicted octanol–water partition coefficient (Wildman–Crippen LogP) is 5.30. The average molecular weight is 473 g/mol. The van der Waals surface area contributed by atoms with E-state index in [1.54, 1.807) is 26.4 Å². The summed E-state index contributed by atoms with van der Waals surface area (Å²) in [5, 5.41) is 17.9. The lowest BCUT2D eigenvalue weighted by molar-refractivity contribution is 0.0697. The summed E-state index contributed by atoms with van der Waals surface area (Å²) in [6, 6.07) is 15.0. The number of aromatic carboxylic acids is 1. The number of carbonyl (C=O) groups is 1. The number of rotatable bonds is 7. The highest BCUT2D eigenvalue weighted by atomic mass is 16.5. The van der Waals surface area contributed by atoms with Crippen molar-refractivity contribution in [2.24, 2.45) is 0 Å². The second-order valence-electron chi connectivity index (χ2n) is 8.85. The lowest BCUT2D eigenvalue weighted by atomic mass is 9.88. The van der Waals surface area contributed by atoms with E-state index in [-0.39, 0.29) is 5.56 Å². The van der Waals surface area contributed by atoms with Crippen LogP contribution in [-0.4, -0.2) is 45.0 Å². The Morgan fingerprint density at radius 3 is 2.34 bits per heavy atom. The molecule has 8 nitrogen and oxygen atoms in total. The normalized spacial score (nSPS) is 14.2. The Hall–Kier alpha value is -3.94. The van der Waals surface area contributed by atoms with Crippen LogP contribution in [0.25, 0.3) is 22.2 Å². The minimum Gasteiger partial charge on any atom is -0.478 e. The Morgan fingerprint density at radius 1 is 0.971 bits per heavy atom. The first-order valence-electron chi connectivity index (χ1n) is 11.9. The molecule has 4 aromatic rings. The first kappa shape index (κ1) is 22.8. The number of carboxylic acids is 1. The van der Waals surface area contributed by atoms with Gasteiger partial charge >= 0.3 is 5.97 Å². The molecule has 5 rings (SSSR count). The van der Waals surface area contributed by atoms with Gasteiger partial charge in [0.1, 0.15) is 11.3 Å². The Labute approximate surface area is 203 Å². The molecule has 0 aliphatic heterocycles. The van der Waals surface area contributed by atoms with Gasteiger partial charge in [0.05, 0.1) is 19.8 Å².